The molecule has 0 atom stereocenters. The van der Waals surface area contributed by atoms with E-state index in [2.05, 4.69) is 5.32 Å². The molecule has 0 saturated heterocycles. The molecule has 0 heterocycles. The molecule has 7 heteroatoms. The number of nitrogens with one attached hydrogen (secondary N) is 1. The molecule has 1 amide bonds. The number of hydrogen-bond donors (Lipinski definition) is 1. The third-order valence-electron chi connectivity index (χ3n) is 1.98. The second kappa shape index (κ2) is 6.32. The van der Waals surface area contributed by atoms with Gasteiger partial charge in [0, 0.05) is 11.1 Å². The molecule has 18 heavy (non-hydrogen) atoms. The quantitative estimate of drug-likeness (QED) is 0.660. The molecule has 0 radical (unpaired) electrons. The van der Waals surface area contributed by atoms with E-state index < -0.39 is 10.8 Å². The van der Waals surface area contributed by atoms with Gasteiger partial charge in [0.05, 0.1) is 11.0 Å². The van der Waals surface area contributed by atoms with Crippen molar-refractivity contribution in [2.75, 3.05) is 11.9 Å². The van der Waals surface area contributed by atoms with Crippen LogP contribution in [0.15, 0.2) is 18.2 Å². The van der Waals surface area contributed by atoms with Gasteiger partial charge in [-0.3, -0.25) is 14.9 Å². The van der Waals surface area contributed by atoms with Gasteiger partial charge in [-0.15, -0.1) is 0 Å². The first-order valence-electron chi connectivity index (χ1n) is 5.25. The lowest BCUT2D eigenvalue weighted by molar-refractivity contribution is -0.383. The van der Waals surface area contributed by atoms with Crippen molar-refractivity contribution < 1.29 is 14.5 Å². The van der Waals surface area contributed by atoms with Crippen molar-refractivity contribution in [3.8, 4) is 0 Å². The van der Waals surface area contributed by atoms with Gasteiger partial charge < -0.3 is 10.1 Å². The van der Waals surface area contributed by atoms with Crippen molar-refractivity contribution >= 4 is 28.9 Å². The predicted octanol–water partition coefficient (Wildman–Crippen LogP) is 2.61. The van der Waals surface area contributed by atoms with E-state index in [4.69, 9.17) is 16.3 Å². The average molecular weight is 273 g/mol. The maximum Gasteiger partial charge on any atom is 0.294 e. The topological polar surface area (TPSA) is 81.5 Å². The summed E-state index contributed by atoms with van der Waals surface area (Å²) in [6.07, 6.45) is -0.0871. The minimum atomic E-state index is -0.606. The zero-order valence-corrected chi connectivity index (χ0v) is 10.7. The number of carbonyl (C=O) groups excluding carboxylic acids is 1. The SMILES string of the molecule is CC(C)OCC(=O)Nc1ccc(Cl)cc1[N+](=O)[O-]. The number of rotatable bonds is 5. The number of benzene rings is 1. The Morgan fingerprint density at radius 1 is 1.56 bits per heavy atom. The van der Waals surface area contributed by atoms with Crippen LogP contribution >= 0.6 is 11.6 Å². The lowest BCUT2D eigenvalue weighted by Gasteiger charge is -2.08. The van der Waals surface area contributed by atoms with Crippen LogP contribution in [0.1, 0.15) is 13.8 Å². The number of nitro benzene ring substituents is 1. The Morgan fingerprint density at radius 2 is 2.22 bits per heavy atom. The number of ether oxygens (including phenoxy) is 1. The zero-order valence-electron chi connectivity index (χ0n) is 9.97. The standard InChI is InChI=1S/C11H13ClN2O4/c1-7(2)18-6-11(15)13-9-4-3-8(12)5-10(9)14(16)17/h3-5,7H,6H2,1-2H3,(H,13,15). The highest BCUT2D eigenvalue weighted by Gasteiger charge is 2.16. The molecule has 0 aliphatic heterocycles. The van der Waals surface area contributed by atoms with Crippen LogP contribution in [-0.2, 0) is 9.53 Å². The number of nitro groups is 1. The Kier molecular flexibility index (Phi) is 5.06. The maximum absolute atomic E-state index is 11.5. The van der Waals surface area contributed by atoms with Gasteiger partial charge in [-0.1, -0.05) is 11.6 Å². The lowest BCUT2D eigenvalue weighted by atomic mass is 10.2. The monoisotopic (exact) mass is 272 g/mol. The minimum absolute atomic E-state index is 0.0871. The van der Waals surface area contributed by atoms with Crippen molar-refractivity contribution in [3.05, 3.63) is 33.3 Å². The number of carbonyl (C=O) groups is 1. The Hall–Kier alpha value is -1.66. The van der Waals surface area contributed by atoms with Crippen LogP contribution in [0.25, 0.3) is 0 Å². The van der Waals surface area contributed by atoms with Crippen molar-refractivity contribution in [3.63, 3.8) is 0 Å². The second-order valence-corrected chi connectivity index (χ2v) is 4.26. The van der Waals surface area contributed by atoms with Crippen molar-refractivity contribution in [1.82, 2.24) is 0 Å². The summed E-state index contributed by atoms with van der Waals surface area (Å²) in [5, 5.41) is 13.4. The molecule has 0 fully saturated rings. The Morgan fingerprint density at radius 3 is 2.78 bits per heavy atom. The smallest absolute Gasteiger partial charge is 0.294 e. The summed E-state index contributed by atoms with van der Waals surface area (Å²) in [6.45, 7) is 3.42. The number of hydrogen-bond acceptors (Lipinski definition) is 4. The Labute approximate surface area is 109 Å². The predicted molar refractivity (Wildman–Crippen MR) is 67.8 cm³/mol. The molecule has 0 unspecified atom stereocenters. The molecule has 0 aliphatic carbocycles. The largest absolute Gasteiger partial charge is 0.369 e. The fourth-order valence-corrected chi connectivity index (χ4v) is 1.36. The average Bonchev–Trinajstić information content (AvgIpc) is 2.28. The van der Waals surface area contributed by atoms with Crippen LogP contribution in [-0.4, -0.2) is 23.5 Å². The van der Waals surface area contributed by atoms with E-state index in [1.807, 2.05) is 0 Å². The van der Waals surface area contributed by atoms with Gasteiger partial charge in [-0.05, 0) is 26.0 Å². The van der Waals surface area contributed by atoms with Gasteiger partial charge in [0.15, 0.2) is 0 Å². The summed E-state index contributed by atoms with van der Waals surface area (Å²) in [4.78, 5) is 21.7. The molecule has 1 rings (SSSR count). The van der Waals surface area contributed by atoms with E-state index in [0.717, 1.165) is 0 Å². The highest BCUT2D eigenvalue weighted by atomic mass is 35.5. The number of anilines is 1. The van der Waals surface area contributed by atoms with Gasteiger partial charge >= 0.3 is 0 Å². The summed E-state index contributed by atoms with van der Waals surface area (Å²) in [5.74, 6) is -0.450. The highest BCUT2D eigenvalue weighted by molar-refractivity contribution is 6.31. The minimum Gasteiger partial charge on any atom is -0.369 e. The van der Waals surface area contributed by atoms with Gasteiger partial charge in [-0.2, -0.15) is 0 Å². The van der Waals surface area contributed by atoms with Crippen molar-refractivity contribution in [2.24, 2.45) is 0 Å². The van der Waals surface area contributed by atoms with Crippen LogP contribution in [0.2, 0.25) is 5.02 Å². The van der Waals surface area contributed by atoms with Gasteiger partial charge in [-0.25, -0.2) is 0 Å². The van der Waals surface area contributed by atoms with Gasteiger partial charge in [0.1, 0.15) is 12.3 Å². The van der Waals surface area contributed by atoms with E-state index >= 15 is 0 Å². The number of halogens is 1. The van der Waals surface area contributed by atoms with Crippen LogP contribution in [0.5, 0.6) is 0 Å². The van der Waals surface area contributed by atoms with Crippen molar-refractivity contribution in [2.45, 2.75) is 20.0 Å². The molecule has 1 aromatic rings. The molecule has 0 spiro atoms. The third kappa shape index (κ3) is 4.31. The molecule has 0 saturated carbocycles. The first-order valence-corrected chi connectivity index (χ1v) is 5.63. The van der Waals surface area contributed by atoms with E-state index in [-0.39, 0.29) is 29.1 Å². The molecule has 1 aromatic carbocycles. The number of nitrogens with zero attached hydrogens (tertiary/aromatic N) is 1. The first kappa shape index (κ1) is 14.4. The fraction of sp³-hybridized carbons (Fsp3) is 0.364. The molecular weight excluding hydrogens is 260 g/mol. The van der Waals surface area contributed by atoms with Crippen molar-refractivity contribution in [1.29, 1.82) is 0 Å². The summed E-state index contributed by atoms with van der Waals surface area (Å²) in [7, 11) is 0. The summed E-state index contributed by atoms with van der Waals surface area (Å²) < 4.78 is 5.09. The second-order valence-electron chi connectivity index (χ2n) is 3.83. The van der Waals surface area contributed by atoms with Gasteiger partial charge in [0.2, 0.25) is 0 Å². The molecule has 1 N–H and O–H groups in total. The van der Waals surface area contributed by atoms with Crippen LogP contribution < -0.4 is 5.32 Å². The fourth-order valence-electron chi connectivity index (χ4n) is 1.19. The summed E-state index contributed by atoms with van der Waals surface area (Å²) >= 11 is 5.66. The molecule has 0 bridgehead atoms. The zero-order chi connectivity index (χ0) is 13.7. The van der Waals surface area contributed by atoms with E-state index in [1.54, 1.807) is 13.8 Å². The highest BCUT2D eigenvalue weighted by Crippen LogP contribution is 2.27. The molecule has 0 aromatic heterocycles. The van der Waals surface area contributed by atoms with E-state index in [0.29, 0.717) is 0 Å². The van der Waals surface area contributed by atoms with E-state index in [1.165, 1.54) is 18.2 Å². The third-order valence-corrected chi connectivity index (χ3v) is 2.21. The van der Waals surface area contributed by atoms with Crippen LogP contribution in [0, 0.1) is 10.1 Å². The Bertz CT molecular complexity index is 462. The summed E-state index contributed by atoms with van der Waals surface area (Å²) in [6, 6.07) is 4.03. The molecule has 6 nitrogen and oxygen atoms in total. The normalized spacial score (nSPS) is 10.4. The molecular formula is C11H13ClN2O4. The summed E-state index contributed by atoms with van der Waals surface area (Å²) in [5.41, 5.74) is -0.151. The van der Waals surface area contributed by atoms with Crippen LogP contribution in [0.3, 0.4) is 0 Å². The van der Waals surface area contributed by atoms with Gasteiger partial charge in [0.25, 0.3) is 11.6 Å². The van der Waals surface area contributed by atoms with Crippen LogP contribution in [0.4, 0.5) is 11.4 Å². The van der Waals surface area contributed by atoms with E-state index in [9.17, 15) is 14.9 Å². The first-order chi connectivity index (χ1) is 8.40. The molecule has 0 aliphatic rings. The maximum atomic E-state index is 11.5. The lowest BCUT2D eigenvalue weighted by Crippen LogP contribution is -2.21. The molecule has 98 valence electrons. The Balaban J connectivity index is 2.78. The number of amides is 1.